The lowest BCUT2D eigenvalue weighted by atomic mass is 10.1. The van der Waals surface area contributed by atoms with Crippen LogP contribution >= 0.6 is 23.4 Å². The van der Waals surface area contributed by atoms with Gasteiger partial charge in [-0.2, -0.15) is 11.8 Å². The quantitative estimate of drug-likeness (QED) is 0.889. The summed E-state index contributed by atoms with van der Waals surface area (Å²) < 4.78 is 0. The number of thioether (sulfide) groups is 1. The maximum atomic E-state index is 12.3. The third kappa shape index (κ3) is 2.99. The smallest absolute Gasteiger partial charge is 0.261 e. The van der Waals surface area contributed by atoms with Crippen molar-refractivity contribution in [2.45, 2.75) is 12.2 Å². The first kappa shape index (κ1) is 14.2. The van der Waals surface area contributed by atoms with E-state index in [1.165, 1.54) is 6.20 Å². The Hall–Kier alpha value is -1.72. The van der Waals surface area contributed by atoms with Crippen molar-refractivity contribution in [2.75, 3.05) is 11.1 Å². The molecule has 2 N–H and O–H groups in total. The van der Waals surface area contributed by atoms with Crippen molar-refractivity contribution in [2.24, 2.45) is 0 Å². The van der Waals surface area contributed by atoms with Gasteiger partial charge in [-0.1, -0.05) is 11.6 Å². The molecule has 1 aliphatic heterocycles. The number of halogens is 1. The van der Waals surface area contributed by atoms with E-state index in [4.69, 9.17) is 11.6 Å². The Morgan fingerprint density at radius 2 is 2.10 bits per heavy atom. The number of aromatic nitrogens is 1. The largest absolute Gasteiger partial charge is 0.507 e. The average molecular weight is 321 g/mol. The molecule has 21 heavy (non-hydrogen) atoms. The molecule has 0 fully saturated rings. The van der Waals surface area contributed by atoms with Gasteiger partial charge in [-0.15, -0.1) is 0 Å². The van der Waals surface area contributed by atoms with Crippen LogP contribution in [0.1, 0.15) is 21.6 Å². The molecule has 0 atom stereocenters. The highest BCUT2D eigenvalue weighted by atomic mass is 35.5. The SMILES string of the molecule is O=C(Nc1ccc(Cl)cc1)c1cnc2c(c1O)CSCC2. The summed E-state index contributed by atoms with van der Waals surface area (Å²) in [5.41, 5.74) is 2.48. The second kappa shape index (κ2) is 5.95. The minimum Gasteiger partial charge on any atom is -0.507 e. The van der Waals surface area contributed by atoms with E-state index in [-0.39, 0.29) is 17.2 Å². The van der Waals surface area contributed by atoms with Crippen LogP contribution in [0.25, 0.3) is 0 Å². The maximum Gasteiger partial charge on any atom is 0.261 e. The van der Waals surface area contributed by atoms with E-state index >= 15 is 0 Å². The second-order valence-corrected chi connectivity index (χ2v) is 6.25. The predicted octanol–water partition coefficient (Wildman–Crippen LogP) is 3.48. The van der Waals surface area contributed by atoms with Crippen LogP contribution in [0.3, 0.4) is 0 Å². The fourth-order valence-electron chi connectivity index (χ4n) is 2.19. The van der Waals surface area contributed by atoms with Crippen molar-refractivity contribution in [1.82, 2.24) is 4.98 Å². The topological polar surface area (TPSA) is 62.2 Å². The van der Waals surface area contributed by atoms with Crippen LogP contribution in [0.15, 0.2) is 30.5 Å². The monoisotopic (exact) mass is 320 g/mol. The van der Waals surface area contributed by atoms with Gasteiger partial charge in [0.2, 0.25) is 0 Å². The van der Waals surface area contributed by atoms with Crippen molar-refractivity contribution >= 4 is 35.0 Å². The van der Waals surface area contributed by atoms with E-state index in [0.29, 0.717) is 16.5 Å². The molecular weight excluding hydrogens is 308 g/mol. The zero-order valence-electron chi connectivity index (χ0n) is 11.1. The fraction of sp³-hybridized carbons (Fsp3) is 0.200. The van der Waals surface area contributed by atoms with Crippen molar-refractivity contribution in [3.63, 3.8) is 0 Å². The maximum absolute atomic E-state index is 12.3. The number of nitrogens with zero attached hydrogens (tertiary/aromatic N) is 1. The zero-order valence-corrected chi connectivity index (χ0v) is 12.7. The molecule has 0 bridgehead atoms. The van der Waals surface area contributed by atoms with Gasteiger partial charge in [-0.25, -0.2) is 0 Å². The molecule has 0 saturated heterocycles. The highest BCUT2D eigenvalue weighted by Crippen LogP contribution is 2.32. The molecule has 1 aliphatic rings. The molecular formula is C15H13ClN2O2S. The van der Waals surface area contributed by atoms with E-state index < -0.39 is 0 Å². The molecule has 0 aliphatic carbocycles. The van der Waals surface area contributed by atoms with Gasteiger partial charge in [0, 0.05) is 33.9 Å². The lowest BCUT2D eigenvalue weighted by Gasteiger charge is -2.17. The third-order valence-corrected chi connectivity index (χ3v) is 4.55. The summed E-state index contributed by atoms with van der Waals surface area (Å²) in [4.78, 5) is 16.6. The normalized spacial score (nSPS) is 13.6. The number of pyridine rings is 1. The van der Waals surface area contributed by atoms with Gasteiger partial charge in [-0.05, 0) is 36.4 Å². The summed E-state index contributed by atoms with van der Waals surface area (Å²) in [5.74, 6) is 1.35. The van der Waals surface area contributed by atoms with E-state index in [9.17, 15) is 9.90 Å². The average Bonchev–Trinajstić information content (AvgIpc) is 2.50. The van der Waals surface area contributed by atoms with Crippen molar-refractivity contribution in [3.05, 3.63) is 52.3 Å². The van der Waals surface area contributed by atoms with Gasteiger partial charge in [0.15, 0.2) is 0 Å². The van der Waals surface area contributed by atoms with E-state index in [1.54, 1.807) is 36.0 Å². The molecule has 1 aromatic heterocycles. The molecule has 1 amide bonds. The summed E-state index contributed by atoms with van der Waals surface area (Å²) in [6, 6.07) is 6.80. The number of rotatable bonds is 2. The lowest BCUT2D eigenvalue weighted by Crippen LogP contribution is -2.15. The number of aryl methyl sites for hydroxylation is 1. The number of carbonyl (C=O) groups is 1. The molecule has 2 heterocycles. The van der Waals surface area contributed by atoms with Crippen LogP contribution in [-0.2, 0) is 12.2 Å². The summed E-state index contributed by atoms with van der Waals surface area (Å²) in [6.07, 6.45) is 2.27. The number of fused-ring (bicyclic) bond motifs is 1. The molecule has 0 radical (unpaired) electrons. The fourth-order valence-corrected chi connectivity index (χ4v) is 3.30. The van der Waals surface area contributed by atoms with Crippen molar-refractivity contribution in [3.8, 4) is 5.75 Å². The van der Waals surface area contributed by atoms with Crippen LogP contribution in [0.4, 0.5) is 5.69 Å². The highest BCUT2D eigenvalue weighted by molar-refractivity contribution is 7.98. The Kier molecular flexibility index (Phi) is 4.03. The first-order valence-corrected chi connectivity index (χ1v) is 8.03. The second-order valence-electron chi connectivity index (χ2n) is 4.71. The van der Waals surface area contributed by atoms with Crippen LogP contribution in [-0.4, -0.2) is 21.8 Å². The van der Waals surface area contributed by atoms with Gasteiger partial charge in [0.25, 0.3) is 5.91 Å². The van der Waals surface area contributed by atoms with Gasteiger partial charge in [0.1, 0.15) is 11.3 Å². The highest BCUT2D eigenvalue weighted by Gasteiger charge is 2.21. The molecule has 0 saturated carbocycles. The van der Waals surface area contributed by atoms with E-state index in [1.807, 2.05) is 0 Å². The van der Waals surface area contributed by atoms with Crippen molar-refractivity contribution in [1.29, 1.82) is 0 Å². The Balaban J connectivity index is 1.86. The van der Waals surface area contributed by atoms with Crippen LogP contribution in [0.2, 0.25) is 5.02 Å². The standard InChI is InChI=1S/C15H13ClN2O2S/c16-9-1-3-10(4-2-9)18-15(20)11-7-17-13-5-6-21-8-12(13)14(11)19/h1-4,7H,5-6,8H2,(H,17,19)(H,18,20). The molecule has 4 nitrogen and oxygen atoms in total. The van der Waals surface area contributed by atoms with E-state index in [2.05, 4.69) is 10.3 Å². The van der Waals surface area contributed by atoms with Crippen LogP contribution in [0.5, 0.6) is 5.75 Å². The molecule has 1 aromatic carbocycles. The Labute approximate surface area is 131 Å². The van der Waals surface area contributed by atoms with Crippen LogP contribution in [0, 0.1) is 0 Å². The number of aromatic hydroxyl groups is 1. The first-order chi connectivity index (χ1) is 10.1. The number of hydrogen-bond donors (Lipinski definition) is 2. The number of nitrogens with one attached hydrogen (secondary N) is 1. The van der Waals surface area contributed by atoms with Crippen molar-refractivity contribution < 1.29 is 9.90 Å². The van der Waals surface area contributed by atoms with E-state index in [0.717, 1.165) is 23.4 Å². The first-order valence-electron chi connectivity index (χ1n) is 6.49. The molecule has 6 heteroatoms. The summed E-state index contributed by atoms with van der Waals surface area (Å²) in [5, 5.41) is 13.6. The molecule has 3 rings (SSSR count). The lowest BCUT2D eigenvalue weighted by molar-refractivity contribution is 0.102. The van der Waals surface area contributed by atoms with Gasteiger partial charge in [-0.3, -0.25) is 9.78 Å². The molecule has 108 valence electrons. The summed E-state index contributed by atoms with van der Waals surface area (Å²) in [7, 11) is 0. The molecule has 0 unspecified atom stereocenters. The number of anilines is 1. The molecule has 2 aromatic rings. The zero-order chi connectivity index (χ0) is 14.8. The summed E-state index contributed by atoms with van der Waals surface area (Å²) >= 11 is 7.54. The third-order valence-electron chi connectivity index (χ3n) is 3.32. The Morgan fingerprint density at radius 3 is 2.86 bits per heavy atom. The summed E-state index contributed by atoms with van der Waals surface area (Å²) in [6.45, 7) is 0. The minimum absolute atomic E-state index is 0.0404. The minimum atomic E-state index is -0.374. The predicted molar refractivity (Wildman–Crippen MR) is 85.2 cm³/mol. The van der Waals surface area contributed by atoms with Gasteiger partial charge >= 0.3 is 0 Å². The number of hydrogen-bond acceptors (Lipinski definition) is 4. The van der Waals surface area contributed by atoms with Gasteiger partial charge < -0.3 is 10.4 Å². The Morgan fingerprint density at radius 1 is 1.33 bits per heavy atom. The number of carbonyl (C=O) groups excluding carboxylic acids is 1. The van der Waals surface area contributed by atoms with Gasteiger partial charge in [0.05, 0.1) is 0 Å². The number of benzene rings is 1. The van der Waals surface area contributed by atoms with Crippen LogP contribution < -0.4 is 5.32 Å². The molecule has 0 spiro atoms. The number of amides is 1. The Bertz CT molecular complexity index is 689.